The zero-order valence-corrected chi connectivity index (χ0v) is 13.1. The van der Waals surface area contributed by atoms with Gasteiger partial charge < -0.3 is 21.7 Å². The summed E-state index contributed by atoms with van der Waals surface area (Å²) < 4.78 is 0. The number of nitrogens with two attached hydrogens (primary N) is 1. The molecule has 2 aromatic carbocycles. The monoisotopic (exact) mass is 326 g/mol. The highest BCUT2D eigenvalue weighted by molar-refractivity contribution is 6.01. The number of carbonyl (C=O) groups excluding carboxylic acids is 3. The van der Waals surface area contributed by atoms with Crippen molar-refractivity contribution in [1.29, 1.82) is 0 Å². The Bertz CT molecular complexity index is 729. The molecule has 0 aliphatic heterocycles. The lowest BCUT2D eigenvalue weighted by Crippen LogP contribution is -2.42. The molecule has 1 atom stereocenters. The van der Waals surface area contributed by atoms with E-state index in [-0.39, 0.29) is 6.03 Å². The van der Waals surface area contributed by atoms with Crippen molar-refractivity contribution in [3.63, 3.8) is 0 Å². The molecule has 0 bridgehead atoms. The van der Waals surface area contributed by atoms with Crippen LogP contribution in [0.3, 0.4) is 0 Å². The van der Waals surface area contributed by atoms with Crippen LogP contribution in [0.1, 0.15) is 17.3 Å². The van der Waals surface area contributed by atoms with Gasteiger partial charge in [0.25, 0.3) is 5.91 Å². The van der Waals surface area contributed by atoms with E-state index in [0.717, 1.165) is 0 Å². The van der Waals surface area contributed by atoms with Gasteiger partial charge in [-0.2, -0.15) is 0 Å². The van der Waals surface area contributed by atoms with E-state index in [9.17, 15) is 14.4 Å². The molecule has 0 fully saturated rings. The molecule has 1 unspecified atom stereocenters. The quantitative estimate of drug-likeness (QED) is 0.673. The van der Waals surface area contributed by atoms with E-state index >= 15 is 0 Å². The minimum Gasteiger partial charge on any atom is -0.368 e. The van der Waals surface area contributed by atoms with Crippen LogP contribution in [0.25, 0.3) is 0 Å². The molecule has 4 amide bonds. The summed E-state index contributed by atoms with van der Waals surface area (Å²) in [5.74, 6) is -1.03. The number of hydrogen-bond donors (Lipinski definition) is 4. The van der Waals surface area contributed by atoms with E-state index in [4.69, 9.17) is 5.73 Å². The Kier molecular flexibility index (Phi) is 5.51. The lowest BCUT2D eigenvalue weighted by molar-refractivity contribution is -0.119. The van der Waals surface area contributed by atoms with Gasteiger partial charge in [0.1, 0.15) is 6.04 Å². The predicted octanol–water partition coefficient (Wildman–Crippen LogP) is 1.93. The Labute approximate surface area is 139 Å². The van der Waals surface area contributed by atoms with Gasteiger partial charge in [-0.1, -0.05) is 18.2 Å². The minimum absolute atomic E-state index is 0.358. The van der Waals surface area contributed by atoms with Crippen molar-refractivity contribution in [2.24, 2.45) is 5.73 Å². The topological polar surface area (TPSA) is 113 Å². The first-order valence-corrected chi connectivity index (χ1v) is 7.29. The van der Waals surface area contributed by atoms with Crippen molar-refractivity contribution in [1.82, 2.24) is 5.32 Å². The second-order valence-electron chi connectivity index (χ2n) is 5.12. The number of benzene rings is 2. The van der Waals surface area contributed by atoms with Crippen molar-refractivity contribution in [2.75, 3.05) is 10.6 Å². The molecule has 0 saturated carbocycles. The zero-order chi connectivity index (χ0) is 17.5. The number of primary amides is 1. The molecule has 2 aromatic rings. The molecule has 0 aliphatic carbocycles. The lowest BCUT2D eigenvalue weighted by Gasteiger charge is -2.11. The number of nitrogens with one attached hydrogen (secondary N) is 3. The molecular formula is C17H18N4O3. The molecule has 5 N–H and O–H groups in total. The summed E-state index contributed by atoms with van der Waals surface area (Å²) in [6, 6.07) is 14.1. The normalized spacial score (nSPS) is 11.2. The van der Waals surface area contributed by atoms with Crippen LogP contribution < -0.4 is 21.7 Å². The summed E-state index contributed by atoms with van der Waals surface area (Å²) in [6.45, 7) is 1.50. The molecule has 0 radical (unpaired) electrons. The van der Waals surface area contributed by atoms with Crippen LogP contribution in [-0.2, 0) is 4.79 Å². The first kappa shape index (κ1) is 17.0. The van der Waals surface area contributed by atoms with E-state index in [0.29, 0.717) is 16.9 Å². The molecular weight excluding hydrogens is 308 g/mol. The Morgan fingerprint density at radius 3 is 1.96 bits per heavy atom. The summed E-state index contributed by atoms with van der Waals surface area (Å²) in [4.78, 5) is 34.7. The summed E-state index contributed by atoms with van der Waals surface area (Å²) >= 11 is 0. The largest absolute Gasteiger partial charge is 0.368 e. The molecule has 7 nitrogen and oxygen atoms in total. The number of rotatable bonds is 5. The van der Waals surface area contributed by atoms with Gasteiger partial charge in [0, 0.05) is 16.9 Å². The third-order valence-electron chi connectivity index (χ3n) is 3.21. The number of amides is 4. The van der Waals surface area contributed by atoms with E-state index < -0.39 is 17.9 Å². The summed E-state index contributed by atoms with van der Waals surface area (Å²) in [5, 5.41) is 7.82. The van der Waals surface area contributed by atoms with Gasteiger partial charge in [0.15, 0.2) is 0 Å². The first-order chi connectivity index (χ1) is 11.5. The second kappa shape index (κ2) is 7.77. The van der Waals surface area contributed by atoms with E-state index in [1.54, 1.807) is 36.4 Å². The number of anilines is 2. The van der Waals surface area contributed by atoms with Crippen LogP contribution >= 0.6 is 0 Å². The maximum Gasteiger partial charge on any atom is 0.323 e. The summed E-state index contributed by atoms with van der Waals surface area (Å²) in [5.41, 5.74) is 6.66. The van der Waals surface area contributed by atoms with Gasteiger partial charge >= 0.3 is 6.03 Å². The molecule has 124 valence electrons. The molecule has 0 aromatic heterocycles. The van der Waals surface area contributed by atoms with Gasteiger partial charge in [-0.15, -0.1) is 0 Å². The Hall–Kier alpha value is -3.35. The fourth-order valence-electron chi connectivity index (χ4n) is 1.87. The second-order valence-corrected chi connectivity index (χ2v) is 5.12. The SMILES string of the molecule is CC(NC(=O)c1ccc(NC(=O)Nc2ccccc2)cc1)C(N)=O. The highest BCUT2D eigenvalue weighted by Gasteiger charge is 2.13. The summed E-state index contributed by atoms with van der Waals surface area (Å²) in [7, 11) is 0. The molecule has 7 heteroatoms. The Morgan fingerprint density at radius 2 is 1.42 bits per heavy atom. The predicted molar refractivity (Wildman–Crippen MR) is 91.6 cm³/mol. The maximum atomic E-state index is 11.9. The van der Waals surface area contributed by atoms with Crippen molar-refractivity contribution in [3.8, 4) is 0 Å². The summed E-state index contributed by atoms with van der Waals surface area (Å²) in [6.07, 6.45) is 0. The average Bonchev–Trinajstić information content (AvgIpc) is 2.56. The van der Waals surface area contributed by atoms with Gasteiger partial charge in [-0.05, 0) is 43.3 Å². The molecule has 0 saturated heterocycles. The van der Waals surface area contributed by atoms with Gasteiger partial charge in [0.05, 0.1) is 0 Å². The third kappa shape index (κ3) is 4.84. The molecule has 0 spiro atoms. The Morgan fingerprint density at radius 1 is 0.875 bits per heavy atom. The van der Waals surface area contributed by atoms with Crippen molar-refractivity contribution in [2.45, 2.75) is 13.0 Å². The standard InChI is InChI=1S/C17H18N4O3/c1-11(15(18)22)19-16(23)12-7-9-14(10-8-12)21-17(24)20-13-5-3-2-4-6-13/h2-11H,1H3,(H2,18,22)(H,19,23)(H2,20,21,24). The fraction of sp³-hybridized carbons (Fsp3) is 0.118. The molecule has 0 heterocycles. The van der Waals surface area contributed by atoms with Crippen LogP contribution in [0.2, 0.25) is 0 Å². The van der Waals surface area contributed by atoms with Crippen LogP contribution in [0.15, 0.2) is 54.6 Å². The Balaban J connectivity index is 1.93. The van der Waals surface area contributed by atoms with Crippen molar-refractivity contribution in [3.05, 3.63) is 60.2 Å². The van der Waals surface area contributed by atoms with E-state index in [1.807, 2.05) is 18.2 Å². The van der Waals surface area contributed by atoms with Crippen LogP contribution in [0.5, 0.6) is 0 Å². The maximum absolute atomic E-state index is 11.9. The lowest BCUT2D eigenvalue weighted by atomic mass is 10.2. The highest BCUT2D eigenvalue weighted by Crippen LogP contribution is 2.11. The smallest absolute Gasteiger partial charge is 0.323 e. The molecule has 24 heavy (non-hydrogen) atoms. The molecule has 0 aliphatic rings. The van der Waals surface area contributed by atoms with Crippen LogP contribution in [-0.4, -0.2) is 23.9 Å². The number of carbonyl (C=O) groups is 3. The number of para-hydroxylation sites is 1. The minimum atomic E-state index is -0.757. The van der Waals surface area contributed by atoms with Crippen molar-refractivity contribution < 1.29 is 14.4 Å². The van der Waals surface area contributed by atoms with Gasteiger partial charge in [-0.3, -0.25) is 9.59 Å². The van der Waals surface area contributed by atoms with Crippen LogP contribution in [0, 0.1) is 0 Å². The molecule has 2 rings (SSSR count). The van der Waals surface area contributed by atoms with Crippen LogP contribution in [0.4, 0.5) is 16.2 Å². The fourth-order valence-corrected chi connectivity index (χ4v) is 1.87. The van der Waals surface area contributed by atoms with Crippen molar-refractivity contribution >= 4 is 29.2 Å². The highest BCUT2D eigenvalue weighted by atomic mass is 16.2. The zero-order valence-electron chi connectivity index (χ0n) is 13.1. The average molecular weight is 326 g/mol. The number of urea groups is 1. The van der Waals surface area contributed by atoms with Gasteiger partial charge in [-0.25, -0.2) is 4.79 Å². The first-order valence-electron chi connectivity index (χ1n) is 7.29. The van der Waals surface area contributed by atoms with E-state index in [1.165, 1.54) is 6.92 Å². The van der Waals surface area contributed by atoms with Gasteiger partial charge in [0.2, 0.25) is 5.91 Å². The van der Waals surface area contributed by atoms with E-state index in [2.05, 4.69) is 16.0 Å². The number of hydrogen-bond acceptors (Lipinski definition) is 3. The third-order valence-corrected chi connectivity index (χ3v) is 3.21.